The first-order chi connectivity index (χ1) is 7.62. The molecule has 0 fully saturated rings. The van der Waals surface area contributed by atoms with E-state index in [9.17, 15) is 13.2 Å². The number of hydrogen-bond acceptors (Lipinski definition) is 5. The van der Waals surface area contributed by atoms with Gasteiger partial charge in [-0.1, -0.05) is 0 Å². The molecule has 0 aliphatic heterocycles. The van der Waals surface area contributed by atoms with Gasteiger partial charge in [0.25, 0.3) is 0 Å². The third-order valence-electron chi connectivity index (χ3n) is 1.51. The molecule has 0 bridgehead atoms. The molecular weight excluding hydrogens is 237 g/mol. The van der Waals surface area contributed by atoms with Crippen molar-refractivity contribution < 1.29 is 17.9 Å². The fourth-order valence-corrected chi connectivity index (χ4v) is 0.992. The number of nitrogens with one attached hydrogen (secondary N) is 1. The van der Waals surface area contributed by atoms with E-state index >= 15 is 0 Å². The number of anilines is 1. The van der Waals surface area contributed by atoms with Gasteiger partial charge in [-0.25, -0.2) is 10.8 Å². The molecule has 0 atom stereocenters. The van der Waals surface area contributed by atoms with Crippen molar-refractivity contribution in [2.75, 3.05) is 5.43 Å². The van der Waals surface area contributed by atoms with Crippen LogP contribution in [0.2, 0.25) is 0 Å². The molecule has 1 aromatic heterocycles. The predicted octanol–water partition coefficient (Wildman–Crippen LogP) is 1.96. The summed E-state index contributed by atoms with van der Waals surface area (Å²) in [7, 11) is 0. The Morgan fingerprint density at radius 2 is 1.82 bits per heavy atom. The van der Waals surface area contributed by atoms with Crippen LogP contribution in [0.4, 0.5) is 19.0 Å². The van der Waals surface area contributed by atoms with Crippen LogP contribution >= 0.6 is 0 Å². The fraction of sp³-hybridized carbons (Fsp3) is 0.556. The molecular formula is C9H13F3N4O. The highest BCUT2D eigenvalue weighted by atomic mass is 19.4. The maximum absolute atomic E-state index is 12.5. The minimum atomic E-state index is -4.65. The highest BCUT2D eigenvalue weighted by Crippen LogP contribution is 2.29. The monoisotopic (exact) mass is 250 g/mol. The summed E-state index contributed by atoms with van der Waals surface area (Å²) < 4.78 is 42.6. The van der Waals surface area contributed by atoms with Crippen molar-refractivity contribution in [2.24, 2.45) is 5.84 Å². The molecule has 17 heavy (non-hydrogen) atoms. The molecule has 0 radical (unpaired) electrons. The highest BCUT2D eigenvalue weighted by molar-refractivity contribution is 5.37. The SMILES string of the molecule is CC(C)(C)Oc1cc(NN)nc(C(F)(F)F)n1. The normalized spacial score (nSPS) is 12.4. The molecule has 1 aromatic rings. The van der Waals surface area contributed by atoms with Crippen molar-refractivity contribution in [3.8, 4) is 5.88 Å². The summed E-state index contributed by atoms with van der Waals surface area (Å²) in [6.45, 7) is 5.08. The van der Waals surface area contributed by atoms with Crippen LogP contribution in [0, 0.1) is 0 Å². The topological polar surface area (TPSA) is 73.1 Å². The number of nitrogens with two attached hydrogens (primary N) is 1. The van der Waals surface area contributed by atoms with Gasteiger partial charge in [0.1, 0.15) is 11.4 Å². The minimum absolute atomic E-state index is 0.161. The molecule has 0 amide bonds. The molecule has 8 heteroatoms. The molecule has 3 N–H and O–H groups in total. The molecule has 96 valence electrons. The van der Waals surface area contributed by atoms with Crippen molar-refractivity contribution in [3.05, 3.63) is 11.9 Å². The van der Waals surface area contributed by atoms with Crippen LogP contribution in [0.1, 0.15) is 26.6 Å². The van der Waals surface area contributed by atoms with E-state index in [2.05, 4.69) is 9.97 Å². The van der Waals surface area contributed by atoms with Gasteiger partial charge in [-0.15, -0.1) is 0 Å². The summed E-state index contributed by atoms with van der Waals surface area (Å²) in [4.78, 5) is 6.49. The number of hydrogen-bond donors (Lipinski definition) is 2. The number of halogens is 3. The van der Waals surface area contributed by atoms with Crippen LogP contribution in [-0.2, 0) is 6.18 Å². The van der Waals surface area contributed by atoms with Crippen molar-refractivity contribution >= 4 is 5.82 Å². The highest BCUT2D eigenvalue weighted by Gasteiger charge is 2.36. The maximum Gasteiger partial charge on any atom is 0.451 e. The van der Waals surface area contributed by atoms with E-state index in [0.29, 0.717) is 0 Å². The van der Waals surface area contributed by atoms with Crippen LogP contribution < -0.4 is 16.0 Å². The van der Waals surface area contributed by atoms with Gasteiger partial charge in [-0.3, -0.25) is 0 Å². The Kier molecular flexibility index (Phi) is 3.46. The average molecular weight is 250 g/mol. The molecule has 0 aromatic carbocycles. The van der Waals surface area contributed by atoms with Crippen LogP contribution in [0.15, 0.2) is 6.07 Å². The van der Waals surface area contributed by atoms with Gasteiger partial charge in [0, 0.05) is 6.07 Å². The number of hydrazine groups is 1. The zero-order valence-electron chi connectivity index (χ0n) is 9.59. The summed E-state index contributed by atoms with van der Waals surface area (Å²) >= 11 is 0. The second-order valence-electron chi connectivity index (χ2n) is 4.27. The van der Waals surface area contributed by atoms with Crippen LogP contribution in [0.5, 0.6) is 5.88 Å². The Morgan fingerprint density at radius 1 is 1.24 bits per heavy atom. The Hall–Kier alpha value is -1.57. The Morgan fingerprint density at radius 3 is 2.24 bits per heavy atom. The fourth-order valence-electron chi connectivity index (χ4n) is 0.992. The van der Waals surface area contributed by atoms with Gasteiger partial charge >= 0.3 is 6.18 Å². The number of nitrogen functional groups attached to an aromatic ring is 1. The second kappa shape index (κ2) is 4.36. The second-order valence-corrected chi connectivity index (χ2v) is 4.27. The van der Waals surface area contributed by atoms with Gasteiger partial charge in [-0.05, 0) is 20.8 Å². The summed E-state index contributed by atoms with van der Waals surface area (Å²) in [5, 5.41) is 0. The average Bonchev–Trinajstić information content (AvgIpc) is 2.13. The first kappa shape index (κ1) is 13.5. The first-order valence-corrected chi connectivity index (χ1v) is 4.74. The van der Waals surface area contributed by atoms with E-state index in [-0.39, 0.29) is 11.7 Å². The lowest BCUT2D eigenvalue weighted by Crippen LogP contribution is -2.25. The number of ether oxygens (including phenoxy) is 1. The number of aromatic nitrogens is 2. The Balaban J connectivity index is 3.15. The zero-order chi connectivity index (χ0) is 13.3. The van der Waals surface area contributed by atoms with E-state index in [1.807, 2.05) is 5.43 Å². The lowest BCUT2D eigenvalue weighted by Gasteiger charge is -2.21. The predicted molar refractivity (Wildman–Crippen MR) is 55.2 cm³/mol. The van der Waals surface area contributed by atoms with E-state index < -0.39 is 17.6 Å². The van der Waals surface area contributed by atoms with Crippen LogP contribution in [-0.4, -0.2) is 15.6 Å². The van der Waals surface area contributed by atoms with E-state index in [1.54, 1.807) is 20.8 Å². The van der Waals surface area contributed by atoms with Crippen LogP contribution in [0.25, 0.3) is 0 Å². The first-order valence-electron chi connectivity index (χ1n) is 4.74. The summed E-state index contributed by atoms with van der Waals surface area (Å²) in [6, 6.07) is 1.19. The van der Waals surface area contributed by atoms with Gasteiger partial charge in [0.2, 0.25) is 11.7 Å². The molecule has 0 saturated carbocycles. The molecule has 0 aliphatic rings. The third kappa shape index (κ3) is 4.06. The van der Waals surface area contributed by atoms with Crippen molar-refractivity contribution in [1.82, 2.24) is 9.97 Å². The van der Waals surface area contributed by atoms with Gasteiger partial charge in [-0.2, -0.15) is 18.2 Å². The molecule has 0 spiro atoms. The van der Waals surface area contributed by atoms with E-state index in [4.69, 9.17) is 10.6 Å². The minimum Gasteiger partial charge on any atom is -0.472 e. The Bertz CT molecular complexity index is 400. The van der Waals surface area contributed by atoms with Crippen LogP contribution in [0.3, 0.4) is 0 Å². The van der Waals surface area contributed by atoms with Crippen molar-refractivity contribution in [3.63, 3.8) is 0 Å². The van der Waals surface area contributed by atoms with Crippen molar-refractivity contribution in [1.29, 1.82) is 0 Å². The maximum atomic E-state index is 12.5. The van der Waals surface area contributed by atoms with Gasteiger partial charge < -0.3 is 10.2 Å². The van der Waals surface area contributed by atoms with E-state index in [0.717, 1.165) is 0 Å². The van der Waals surface area contributed by atoms with Gasteiger partial charge in [0.15, 0.2) is 0 Å². The zero-order valence-corrected chi connectivity index (χ0v) is 9.59. The molecule has 0 saturated heterocycles. The summed E-state index contributed by atoms with van der Waals surface area (Å²) in [5.74, 6) is 3.38. The molecule has 1 heterocycles. The standard InChI is InChI=1S/C9H13F3N4O/c1-8(2,3)17-6-4-5(16-13)14-7(15-6)9(10,11)12/h4H,13H2,1-3H3,(H,14,15,16). The molecule has 0 aliphatic carbocycles. The van der Waals surface area contributed by atoms with Gasteiger partial charge in [0.05, 0.1) is 0 Å². The number of rotatable bonds is 2. The summed E-state index contributed by atoms with van der Waals surface area (Å²) in [6.07, 6.45) is -4.65. The third-order valence-corrected chi connectivity index (χ3v) is 1.51. The molecule has 5 nitrogen and oxygen atoms in total. The largest absolute Gasteiger partial charge is 0.472 e. The lowest BCUT2D eigenvalue weighted by atomic mass is 10.2. The smallest absolute Gasteiger partial charge is 0.451 e. The number of nitrogens with zero attached hydrogens (tertiary/aromatic N) is 2. The molecule has 0 unspecified atom stereocenters. The summed E-state index contributed by atoms with van der Waals surface area (Å²) in [5.41, 5.74) is 1.37. The quantitative estimate of drug-likeness (QED) is 0.620. The van der Waals surface area contributed by atoms with Crippen molar-refractivity contribution in [2.45, 2.75) is 32.5 Å². The Labute approximate surface area is 96.2 Å². The van der Waals surface area contributed by atoms with E-state index in [1.165, 1.54) is 6.07 Å². The lowest BCUT2D eigenvalue weighted by molar-refractivity contribution is -0.145. The molecule has 1 rings (SSSR count). The number of alkyl halides is 3.